The Labute approximate surface area is 141 Å². The standard InChI is InChI=1S/C19H20N2O3/c1-13-5-7-15(8-6-13)21-16(9-10-20-21)14-11-17(22-2)19(24-4)18(12-14)23-3/h5-12H,1-4H3. The van der Waals surface area contributed by atoms with Gasteiger partial charge in [-0.3, -0.25) is 0 Å². The molecule has 0 spiro atoms. The first-order valence-electron chi connectivity index (χ1n) is 7.59. The number of aromatic nitrogens is 2. The Bertz CT molecular complexity index is 813. The first kappa shape index (κ1) is 15.9. The van der Waals surface area contributed by atoms with Crippen molar-refractivity contribution in [2.24, 2.45) is 0 Å². The molecular weight excluding hydrogens is 304 g/mol. The normalized spacial score (nSPS) is 10.5. The number of aryl methyl sites for hydroxylation is 1. The van der Waals surface area contributed by atoms with Crippen LogP contribution in [0.25, 0.3) is 16.9 Å². The first-order chi connectivity index (χ1) is 11.7. The van der Waals surface area contributed by atoms with Crippen LogP contribution in [0.3, 0.4) is 0 Å². The molecule has 5 nitrogen and oxygen atoms in total. The zero-order valence-corrected chi connectivity index (χ0v) is 14.2. The Morgan fingerprint density at radius 2 is 1.46 bits per heavy atom. The van der Waals surface area contributed by atoms with Gasteiger partial charge < -0.3 is 14.2 Å². The van der Waals surface area contributed by atoms with Crippen molar-refractivity contribution in [2.45, 2.75) is 6.92 Å². The topological polar surface area (TPSA) is 45.5 Å². The number of benzene rings is 2. The van der Waals surface area contributed by atoms with Crippen molar-refractivity contribution in [1.82, 2.24) is 9.78 Å². The van der Waals surface area contributed by atoms with Gasteiger partial charge in [-0.1, -0.05) is 17.7 Å². The number of nitrogens with zero attached hydrogens (tertiary/aromatic N) is 2. The average molecular weight is 324 g/mol. The SMILES string of the molecule is COc1cc(-c2ccnn2-c2ccc(C)cc2)cc(OC)c1OC. The molecule has 0 saturated heterocycles. The Morgan fingerprint density at radius 1 is 0.833 bits per heavy atom. The largest absolute Gasteiger partial charge is 0.493 e. The highest BCUT2D eigenvalue weighted by atomic mass is 16.5. The molecule has 0 atom stereocenters. The molecule has 3 aromatic rings. The highest BCUT2D eigenvalue weighted by molar-refractivity contribution is 5.70. The number of ether oxygens (including phenoxy) is 3. The lowest BCUT2D eigenvalue weighted by molar-refractivity contribution is 0.324. The second kappa shape index (κ2) is 6.66. The first-order valence-corrected chi connectivity index (χ1v) is 7.59. The molecular formula is C19H20N2O3. The fourth-order valence-corrected chi connectivity index (χ4v) is 2.64. The van der Waals surface area contributed by atoms with Crippen LogP contribution in [0.15, 0.2) is 48.7 Å². The van der Waals surface area contributed by atoms with Crippen molar-refractivity contribution < 1.29 is 14.2 Å². The summed E-state index contributed by atoms with van der Waals surface area (Å²) in [4.78, 5) is 0. The lowest BCUT2D eigenvalue weighted by Crippen LogP contribution is -2.00. The fraction of sp³-hybridized carbons (Fsp3) is 0.211. The summed E-state index contributed by atoms with van der Waals surface area (Å²) in [6.45, 7) is 2.06. The van der Waals surface area contributed by atoms with Crippen LogP contribution < -0.4 is 14.2 Å². The maximum Gasteiger partial charge on any atom is 0.203 e. The molecule has 0 bridgehead atoms. The number of rotatable bonds is 5. The van der Waals surface area contributed by atoms with E-state index in [1.165, 1.54) is 5.56 Å². The van der Waals surface area contributed by atoms with E-state index in [1.807, 2.05) is 35.0 Å². The smallest absolute Gasteiger partial charge is 0.203 e. The number of hydrogen-bond donors (Lipinski definition) is 0. The van der Waals surface area contributed by atoms with E-state index in [1.54, 1.807) is 27.5 Å². The summed E-state index contributed by atoms with van der Waals surface area (Å²) in [6.07, 6.45) is 1.78. The zero-order chi connectivity index (χ0) is 17.1. The Kier molecular flexibility index (Phi) is 4.42. The molecule has 1 heterocycles. The summed E-state index contributed by atoms with van der Waals surface area (Å²) in [6, 6.07) is 14.0. The molecule has 0 unspecified atom stereocenters. The molecule has 0 radical (unpaired) electrons. The van der Waals surface area contributed by atoms with Crippen LogP contribution in [0.4, 0.5) is 0 Å². The van der Waals surface area contributed by atoms with Crippen molar-refractivity contribution in [3.05, 3.63) is 54.2 Å². The summed E-state index contributed by atoms with van der Waals surface area (Å²) in [7, 11) is 4.81. The molecule has 0 fully saturated rings. The van der Waals surface area contributed by atoms with Crippen molar-refractivity contribution in [3.63, 3.8) is 0 Å². The Balaban J connectivity index is 2.14. The van der Waals surface area contributed by atoms with Crippen LogP contribution in [0, 0.1) is 6.92 Å². The van der Waals surface area contributed by atoms with Crippen LogP contribution in [-0.4, -0.2) is 31.1 Å². The third kappa shape index (κ3) is 2.80. The molecule has 0 saturated carbocycles. The van der Waals surface area contributed by atoms with Gasteiger partial charge in [0.2, 0.25) is 5.75 Å². The monoisotopic (exact) mass is 324 g/mol. The van der Waals surface area contributed by atoms with Crippen LogP contribution >= 0.6 is 0 Å². The maximum atomic E-state index is 5.44. The second-order valence-electron chi connectivity index (χ2n) is 5.38. The predicted octanol–water partition coefficient (Wildman–Crippen LogP) is 3.87. The maximum absolute atomic E-state index is 5.44. The van der Waals surface area contributed by atoms with Crippen LogP contribution in [0.2, 0.25) is 0 Å². The van der Waals surface area contributed by atoms with E-state index in [-0.39, 0.29) is 0 Å². The fourth-order valence-electron chi connectivity index (χ4n) is 2.64. The molecule has 0 N–H and O–H groups in total. The van der Waals surface area contributed by atoms with E-state index < -0.39 is 0 Å². The summed E-state index contributed by atoms with van der Waals surface area (Å²) in [5, 5.41) is 4.45. The molecule has 2 aromatic carbocycles. The summed E-state index contributed by atoms with van der Waals surface area (Å²) in [5.41, 5.74) is 4.08. The van der Waals surface area contributed by atoms with E-state index in [2.05, 4.69) is 24.2 Å². The lowest BCUT2D eigenvalue weighted by Gasteiger charge is -2.15. The van der Waals surface area contributed by atoms with E-state index in [0.717, 1.165) is 16.9 Å². The molecule has 24 heavy (non-hydrogen) atoms. The van der Waals surface area contributed by atoms with Gasteiger partial charge in [0, 0.05) is 5.56 Å². The Morgan fingerprint density at radius 3 is 2.00 bits per heavy atom. The van der Waals surface area contributed by atoms with Crippen molar-refractivity contribution >= 4 is 0 Å². The van der Waals surface area contributed by atoms with E-state index in [0.29, 0.717) is 17.2 Å². The molecule has 0 aliphatic heterocycles. The van der Waals surface area contributed by atoms with E-state index in [9.17, 15) is 0 Å². The van der Waals surface area contributed by atoms with Crippen molar-refractivity contribution in [1.29, 1.82) is 0 Å². The van der Waals surface area contributed by atoms with Gasteiger partial charge in [0.05, 0.1) is 38.9 Å². The number of hydrogen-bond acceptors (Lipinski definition) is 4. The summed E-state index contributed by atoms with van der Waals surface area (Å²) >= 11 is 0. The highest BCUT2D eigenvalue weighted by Gasteiger charge is 2.16. The Hall–Kier alpha value is -2.95. The molecule has 5 heteroatoms. The molecule has 0 amide bonds. The molecule has 3 rings (SSSR count). The van der Waals surface area contributed by atoms with Crippen LogP contribution in [0.5, 0.6) is 17.2 Å². The van der Waals surface area contributed by atoms with Crippen molar-refractivity contribution in [3.8, 4) is 34.2 Å². The molecule has 0 aliphatic carbocycles. The molecule has 124 valence electrons. The van der Waals surface area contributed by atoms with Crippen molar-refractivity contribution in [2.75, 3.05) is 21.3 Å². The quantitative estimate of drug-likeness (QED) is 0.714. The molecule has 1 aromatic heterocycles. The van der Waals surface area contributed by atoms with Gasteiger partial charge in [0.15, 0.2) is 11.5 Å². The van der Waals surface area contributed by atoms with Gasteiger partial charge in [0.25, 0.3) is 0 Å². The van der Waals surface area contributed by atoms with Gasteiger partial charge >= 0.3 is 0 Å². The zero-order valence-electron chi connectivity index (χ0n) is 14.2. The third-order valence-electron chi connectivity index (χ3n) is 3.88. The van der Waals surface area contributed by atoms with Gasteiger partial charge in [-0.05, 0) is 37.3 Å². The lowest BCUT2D eigenvalue weighted by atomic mass is 10.1. The van der Waals surface area contributed by atoms with Crippen LogP contribution in [-0.2, 0) is 0 Å². The van der Waals surface area contributed by atoms with Gasteiger partial charge in [-0.15, -0.1) is 0 Å². The van der Waals surface area contributed by atoms with E-state index in [4.69, 9.17) is 14.2 Å². The highest BCUT2D eigenvalue weighted by Crippen LogP contribution is 2.41. The molecule has 0 aliphatic rings. The predicted molar refractivity (Wildman–Crippen MR) is 93.4 cm³/mol. The van der Waals surface area contributed by atoms with Gasteiger partial charge in [-0.25, -0.2) is 4.68 Å². The minimum Gasteiger partial charge on any atom is -0.493 e. The second-order valence-corrected chi connectivity index (χ2v) is 5.38. The minimum absolute atomic E-state index is 0.574. The third-order valence-corrected chi connectivity index (χ3v) is 3.88. The average Bonchev–Trinajstić information content (AvgIpc) is 3.10. The minimum atomic E-state index is 0.574. The van der Waals surface area contributed by atoms with E-state index >= 15 is 0 Å². The summed E-state index contributed by atoms with van der Waals surface area (Å²) in [5.74, 6) is 1.80. The van der Waals surface area contributed by atoms with Gasteiger partial charge in [0.1, 0.15) is 0 Å². The number of methoxy groups -OCH3 is 3. The van der Waals surface area contributed by atoms with Crippen LogP contribution in [0.1, 0.15) is 5.56 Å². The van der Waals surface area contributed by atoms with Gasteiger partial charge in [-0.2, -0.15) is 5.10 Å². The summed E-state index contributed by atoms with van der Waals surface area (Å²) < 4.78 is 18.2.